The molecule has 108 valence electrons. The van der Waals surface area contributed by atoms with Gasteiger partial charge in [0.15, 0.2) is 6.10 Å². The lowest BCUT2D eigenvalue weighted by Gasteiger charge is -2.29. The quantitative estimate of drug-likeness (QED) is 0.408. The van der Waals surface area contributed by atoms with Crippen molar-refractivity contribution >= 4 is 11.9 Å². The number of esters is 2. The van der Waals surface area contributed by atoms with Crippen LogP contribution in [0.15, 0.2) is 24.3 Å². The number of rotatable bonds is 7. The normalized spacial score (nSPS) is 12.5. The van der Waals surface area contributed by atoms with E-state index in [1.807, 2.05) is 0 Å². The molecule has 0 fully saturated rings. The Bertz CT molecular complexity index is 383. The number of carbonyl (C=O) groups is 2. The number of carbonyl (C=O) groups excluding carboxylic acids is 2. The Kier molecular flexibility index (Phi) is 6.44. The van der Waals surface area contributed by atoms with Crippen LogP contribution in [0.3, 0.4) is 0 Å². The van der Waals surface area contributed by atoms with Crippen LogP contribution in [0.2, 0.25) is 0 Å². The highest BCUT2D eigenvalue weighted by Gasteiger charge is 2.41. The molecule has 6 heteroatoms. The molecule has 0 aliphatic heterocycles. The molecule has 2 N–H and O–H groups in total. The third-order valence-corrected chi connectivity index (χ3v) is 2.16. The molecule has 0 spiro atoms. The summed E-state index contributed by atoms with van der Waals surface area (Å²) in [5.74, 6) is -4.69. The van der Waals surface area contributed by atoms with Crippen molar-refractivity contribution in [3.05, 3.63) is 24.3 Å². The van der Waals surface area contributed by atoms with Crippen molar-refractivity contribution in [2.45, 2.75) is 45.7 Å². The Morgan fingerprint density at radius 1 is 1.16 bits per heavy atom. The van der Waals surface area contributed by atoms with E-state index >= 15 is 0 Å². The fourth-order valence-electron chi connectivity index (χ4n) is 1.10. The van der Waals surface area contributed by atoms with E-state index in [2.05, 4.69) is 17.9 Å². The minimum absolute atomic E-state index is 0.00560. The van der Waals surface area contributed by atoms with Gasteiger partial charge < -0.3 is 19.7 Å². The highest BCUT2D eigenvalue weighted by atomic mass is 16.8. The maximum absolute atomic E-state index is 11.4. The molecule has 0 rings (SSSR count). The summed E-state index contributed by atoms with van der Waals surface area (Å²) in [4.78, 5) is 22.7. The molecule has 0 aliphatic rings. The Hall–Kier alpha value is -1.66. The lowest BCUT2D eigenvalue weighted by Crippen LogP contribution is -2.48. The minimum atomic E-state index is -2.91. The van der Waals surface area contributed by atoms with Gasteiger partial charge in [0.05, 0.1) is 0 Å². The van der Waals surface area contributed by atoms with Crippen molar-refractivity contribution in [3.63, 3.8) is 0 Å². The van der Waals surface area contributed by atoms with Gasteiger partial charge in [-0.3, -0.25) is 0 Å². The predicted octanol–water partition coefficient (Wildman–Crippen LogP) is 1.03. The zero-order valence-electron chi connectivity index (χ0n) is 11.4. The summed E-state index contributed by atoms with van der Waals surface area (Å²) in [7, 11) is 0. The van der Waals surface area contributed by atoms with Crippen LogP contribution in [0.1, 0.15) is 33.6 Å². The van der Waals surface area contributed by atoms with Gasteiger partial charge >= 0.3 is 17.9 Å². The molecule has 0 amide bonds. The van der Waals surface area contributed by atoms with Crippen LogP contribution >= 0.6 is 0 Å². The van der Waals surface area contributed by atoms with E-state index in [-0.39, 0.29) is 17.6 Å². The summed E-state index contributed by atoms with van der Waals surface area (Å²) in [6, 6.07) is 0. The average Bonchev–Trinajstić information content (AvgIpc) is 2.27. The van der Waals surface area contributed by atoms with Gasteiger partial charge in [-0.1, -0.05) is 26.5 Å². The Labute approximate surface area is 112 Å². The van der Waals surface area contributed by atoms with Crippen LogP contribution in [0.25, 0.3) is 0 Å². The van der Waals surface area contributed by atoms with E-state index < -0.39 is 24.0 Å². The monoisotopic (exact) mass is 272 g/mol. The fraction of sp³-hybridized carbons (Fsp3) is 0.538. The first-order valence-corrected chi connectivity index (χ1v) is 5.81. The van der Waals surface area contributed by atoms with E-state index in [0.717, 1.165) is 0 Å². The zero-order valence-corrected chi connectivity index (χ0v) is 11.4. The van der Waals surface area contributed by atoms with Gasteiger partial charge in [0.1, 0.15) is 0 Å². The van der Waals surface area contributed by atoms with E-state index in [1.54, 1.807) is 6.92 Å². The minimum Gasteiger partial charge on any atom is -0.449 e. The molecule has 0 bridgehead atoms. The zero-order chi connectivity index (χ0) is 15.2. The molecule has 0 aliphatic carbocycles. The second-order valence-electron chi connectivity index (χ2n) is 4.29. The predicted molar refractivity (Wildman–Crippen MR) is 67.7 cm³/mol. The van der Waals surface area contributed by atoms with Crippen LogP contribution < -0.4 is 0 Å². The summed E-state index contributed by atoms with van der Waals surface area (Å²) >= 11 is 0. The van der Waals surface area contributed by atoms with Gasteiger partial charge in [-0.2, -0.15) is 0 Å². The lowest BCUT2D eigenvalue weighted by atomic mass is 10.1. The summed E-state index contributed by atoms with van der Waals surface area (Å²) in [6.07, 6.45) is -0.804. The fourth-order valence-corrected chi connectivity index (χ4v) is 1.10. The molecule has 0 aromatic carbocycles. The van der Waals surface area contributed by atoms with E-state index in [4.69, 9.17) is 4.74 Å². The Balaban J connectivity index is 4.93. The molecular formula is C13H20O6. The number of hydrogen-bond donors (Lipinski definition) is 2. The van der Waals surface area contributed by atoms with Crippen molar-refractivity contribution in [1.29, 1.82) is 0 Å². The first kappa shape index (κ1) is 17.3. The molecule has 0 heterocycles. The summed E-state index contributed by atoms with van der Waals surface area (Å²) < 4.78 is 9.31. The van der Waals surface area contributed by atoms with E-state index in [9.17, 15) is 19.8 Å². The second-order valence-corrected chi connectivity index (χ2v) is 4.29. The summed E-state index contributed by atoms with van der Waals surface area (Å²) in [6.45, 7) is 11.2. The van der Waals surface area contributed by atoms with Gasteiger partial charge in [-0.25, -0.2) is 9.59 Å². The van der Waals surface area contributed by atoms with Crippen LogP contribution in [0.4, 0.5) is 0 Å². The SMILES string of the molecule is C=C(C)C(=O)OC(CCC)C(O)(O)OC(=O)C(=C)C. The van der Waals surface area contributed by atoms with Gasteiger partial charge in [0.25, 0.3) is 0 Å². The number of ether oxygens (including phenoxy) is 2. The third kappa shape index (κ3) is 5.67. The van der Waals surface area contributed by atoms with Crippen LogP contribution in [0, 0.1) is 0 Å². The van der Waals surface area contributed by atoms with Crippen LogP contribution in [-0.2, 0) is 19.1 Å². The Morgan fingerprint density at radius 2 is 1.63 bits per heavy atom. The molecule has 0 saturated carbocycles. The third-order valence-electron chi connectivity index (χ3n) is 2.16. The molecular weight excluding hydrogens is 252 g/mol. The van der Waals surface area contributed by atoms with Gasteiger partial charge in [0, 0.05) is 11.1 Å². The summed E-state index contributed by atoms with van der Waals surface area (Å²) in [5, 5.41) is 19.4. The molecule has 1 unspecified atom stereocenters. The molecule has 0 aromatic heterocycles. The average molecular weight is 272 g/mol. The largest absolute Gasteiger partial charge is 0.449 e. The number of hydrogen-bond acceptors (Lipinski definition) is 6. The molecule has 0 aromatic rings. The second kappa shape index (κ2) is 7.06. The van der Waals surface area contributed by atoms with Gasteiger partial charge in [0.2, 0.25) is 0 Å². The van der Waals surface area contributed by atoms with Crippen molar-refractivity contribution < 1.29 is 29.3 Å². The van der Waals surface area contributed by atoms with E-state index in [1.165, 1.54) is 13.8 Å². The first-order valence-electron chi connectivity index (χ1n) is 5.81. The maximum atomic E-state index is 11.4. The van der Waals surface area contributed by atoms with Gasteiger partial charge in [-0.05, 0) is 20.3 Å². The molecule has 6 nitrogen and oxygen atoms in total. The highest BCUT2D eigenvalue weighted by molar-refractivity contribution is 5.88. The van der Waals surface area contributed by atoms with Gasteiger partial charge in [-0.15, -0.1) is 0 Å². The topological polar surface area (TPSA) is 93.1 Å². The van der Waals surface area contributed by atoms with Crippen molar-refractivity contribution in [2.75, 3.05) is 0 Å². The first-order chi connectivity index (χ1) is 8.61. The van der Waals surface area contributed by atoms with Crippen molar-refractivity contribution in [1.82, 2.24) is 0 Å². The molecule has 0 radical (unpaired) electrons. The highest BCUT2D eigenvalue weighted by Crippen LogP contribution is 2.20. The molecule has 1 atom stereocenters. The van der Waals surface area contributed by atoms with Crippen molar-refractivity contribution in [2.24, 2.45) is 0 Å². The Morgan fingerprint density at radius 3 is 2.00 bits per heavy atom. The lowest BCUT2D eigenvalue weighted by molar-refractivity contribution is -0.358. The molecule has 19 heavy (non-hydrogen) atoms. The van der Waals surface area contributed by atoms with Crippen LogP contribution in [0.5, 0.6) is 0 Å². The van der Waals surface area contributed by atoms with Crippen LogP contribution in [-0.4, -0.2) is 34.2 Å². The van der Waals surface area contributed by atoms with Crippen molar-refractivity contribution in [3.8, 4) is 0 Å². The number of aliphatic hydroxyl groups is 2. The smallest absolute Gasteiger partial charge is 0.363 e. The molecule has 0 saturated heterocycles. The maximum Gasteiger partial charge on any atom is 0.363 e. The van der Waals surface area contributed by atoms with E-state index in [0.29, 0.717) is 6.42 Å². The summed E-state index contributed by atoms with van der Waals surface area (Å²) in [5.41, 5.74) is 0.0945. The standard InChI is InChI=1S/C13H20O6/c1-6-7-10(18-11(14)8(2)3)13(16,17)19-12(15)9(4)5/h10,16-17H,2,4,6-7H2,1,3,5H3.